The van der Waals surface area contributed by atoms with Gasteiger partial charge in [-0.1, -0.05) is 36.4 Å². The highest BCUT2D eigenvalue weighted by molar-refractivity contribution is 9.10. The molecule has 0 aliphatic carbocycles. The fraction of sp³-hybridized carbons (Fsp3) is 0.154. The van der Waals surface area contributed by atoms with Crippen LogP contribution in [0, 0.1) is 17.0 Å². The van der Waals surface area contributed by atoms with E-state index in [-0.39, 0.29) is 17.3 Å². The minimum absolute atomic E-state index is 0.0104. The largest absolute Gasteiger partial charge is 0.490 e. The number of aryl methyl sites for hydroxylation is 1. The third-order valence-corrected chi connectivity index (χ3v) is 5.72. The van der Waals surface area contributed by atoms with Crippen molar-refractivity contribution in [2.75, 3.05) is 6.61 Å². The highest BCUT2D eigenvalue weighted by Gasteiger charge is 2.26. The van der Waals surface area contributed by atoms with Gasteiger partial charge in [0, 0.05) is 17.2 Å². The van der Waals surface area contributed by atoms with Crippen LogP contribution < -0.4 is 9.47 Å². The van der Waals surface area contributed by atoms with Gasteiger partial charge in [-0.25, -0.2) is 9.79 Å². The lowest BCUT2D eigenvalue weighted by Gasteiger charge is -2.15. The number of benzene rings is 3. The summed E-state index contributed by atoms with van der Waals surface area (Å²) in [4.78, 5) is 27.5. The number of esters is 1. The number of nitrogens with zero attached hydrogens (tertiary/aromatic N) is 2. The van der Waals surface area contributed by atoms with E-state index in [0.717, 1.165) is 5.56 Å². The van der Waals surface area contributed by atoms with Gasteiger partial charge in [-0.2, -0.15) is 0 Å². The van der Waals surface area contributed by atoms with Gasteiger partial charge in [0.25, 0.3) is 5.69 Å². The van der Waals surface area contributed by atoms with E-state index in [1.807, 2.05) is 37.3 Å². The third-order valence-electron chi connectivity index (χ3n) is 5.13. The Morgan fingerprint density at radius 2 is 1.89 bits per heavy atom. The Labute approximate surface area is 210 Å². The summed E-state index contributed by atoms with van der Waals surface area (Å²) in [5, 5.41) is 11.3. The molecule has 8 nitrogen and oxygen atoms in total. The summed E-state index contributed by atoms with van der Waals surface area (Å²) in [6, 6.07) is 17.8. The van der Waals surface area contributed by atoms with E-state index < -0.39 is 10.9 Å². The second-order valence-electron chi connectivity index (χ2n) is 7.63. The maximum atomic E-state index is 12.5. The number of cyclic esters (lactones) is 1. The van der Waals surface area contributed by atoms with Crippen LogP contribution in [-0.4, -0.2) is 23.4 Å². The van der Waals surface area contributed by atoms with Crippen LogP contribution in [0.1, 0.15) is 29.2 Å². The second-order valence-corrected chi connectivity index (χ2v) is 8.49. The summed E-state index contributed by atoms with van der Waals surface area (Å²) in [6.45, 7) is 4.29. The van der Waals surface area contributed by atoms with Gasteiger partial charge in [0.1, 0.15) is 6.61 Å². The fourth-order valence-corrected chi connectivity index (χ4v) is 4.01. The van der Waals surface area contributed by atoms with Crippen molar-refractivity contribution in [3.8, 4) is 11.5 Å². The number of ether oxygens (including phenoxy) is 3. The smallest absolute Gasteiger partial charge is 0.363 e. The molecule has 0 unspecified atom stereocenters. The summed E-state index contributed by atoms with van der Waals surface area (Å²) >= 11 is 3.53. The van der Waals surface area contributed by atoms with E-state index in [4.69, 9.17) is 14.2 Å². The molecule has 1 aliphatic rings. The Bertz CT molecular complexity index is 1350. The molecule has 1 aliphatic heterocycles. The first-order valence-electron chi connectivity index (χ1n) is 10.8. The monoisotopic (exact) mass is 536 g/mol. The van der Waals surface area contributed by atoms with Gasteiger partial charge in [0.2, 0.25) is 5.90 Å². The number of halogens is 1. The van der Waals surface area contributed by atoms with Crippen molar-refractivity contribution in [2.24, 2.45) is 4.99 Å². The number of carbonyl (C=O) groups is 1. The average molecular weight is 537 g/mol. The molecule has 0 radical (unpaired) electrons. The van der Waals surface area contributed by atoms with Crippen LogP contribution in [0.3, 0.4) is 0 Å². The van der Waals surface area contributed by atoms with Crippen molar-refractivity contribution in [2.45, 2.75) is 20.5 Å². The van der Waals surface area contributed by atoms with E-state index in [9.17, 15) is 14.9 Å². The first kappa shape index (κ1) is 24.2. The van der Waals surface area contributed by atoms with Crippen molar-refractivity contribution in [3.05, 3.63) is 103 Å². The number of carbonyl (C=O) groups excluding carboxylic acids is 1. The molecule has 0 aromatic heterocycles. The molecular formula is C26H21BrN2O6. The Morgan fingerprint density at radius 1 is 1.11 bits per heavy atom. The minimum atomic E-state index is -0.651. The summed E-state index contributed by atoms with van der Waals surface area (Å²) in [6.07, 6.45) is 1.56. The molecule has 0 saturated heterocycles. The van der Waals surface area contributed by atoms with Crippen molar-refractivity contribution >= 4 is 39.6 Å². The fourth-order valence-electron chi connectivity index (χ4n) is 3.43. The van der Waals surface area contributed by atoms with Crippen LogP contribution in [0.2, 0.25) is 0 Å². The summed E-state index contributed by atoms with van der Waals surface area (Å²) < 4.78 is 17.7. The molecule has 0 bridgehead atoms. The lowest BCUT2D eigenvalue weighted by molar-refractivity contribution is -0.385. The molecule has 0 spiro atoms. The van der Waals surface area contributed by atoms with Crippen molar-refractivity contribution in [1.82, 2.24) is 0 Å². The lowest BCUT2D eigenvalue weighted by atomic mass is 10.1. The molecule has 0 fully saturated rings. The Morgan fingerprint density at radius 3 is 2.60 bits per heavy atom. The standard InChI is InChI=1S/C26H21BrN2O6/c1-3-33-23-13-18(11-20(27)24(23)34-15-17-7-5-4-6-8-17)12-21-26(30)35-25(28-21)19-10-9-16(2)22(14-19)29(31)32/h4-14H,3,15H2,1-2H3/b21-12-. The SMILES string of the molecule is CCOc1cc(/C=C2\N=C(c3ccc(C)c([N+](=O)[O-])c3)OC2=O)cc(Br)c1OCc1ccccc1. The summed E-state index contributed by atoms with van der Waals surface area (Å²) in [5.74, 6) is 0.412. The van der Waals surface area contributed by atoms with Crippen LogP contribution in [0.15, 0.2) is 75.8 Å². The van der Waals surface area contributed by atoms with Crippen LogP contribution >= 0.6 is 15.9 Å². The molecule has 0 N–H and O–H groups in total. The molecule has 1 heterocycles. The van der Waals surface area contributed by atoms with Gasteiger partial charge >= 0.3 is 5.97 Å². The average Bonchev–Trinajstić information content (AvgIpc) is 3.19. The van der Waals surface area contributed by atoms with Crippen LogP contribution in [-0.2, 0) is 16.1 Å². The van der Waals surface area contributed by atoms with Crippen LogP contribution in [0.4, 0.5) is 5.69 Å². The minimum Gasteiger partial charge on any atom is -0.490 e. The van der Waals surface area contributed by atoms with E-state index in [2.05, 4.69) is 20.9 Å². The number of aliphatic imine (C=N–C) groups is 1. The van der Waals surface area contributed by atoms with Crippen LogP contribution in [0.25, 0.3) is 6.08 Å². The maximum absolute atomic E-state index is 12.5. The second kappa shape index (κ2) is 10.5. The highest BCUT2D eigenvalue weighted by Crippen LogP contribution is 2.38. The Kier molecular flexibility index (Phi) is 7.26. The van der Waals surface area contributed by atoms with Gasteiger partial charge in [-0.3, -0.25) is 10.1 Å². The predicted octanol–water partition coefficient (Wildman–Crippen LogP) is 5.99. The lowest BCUT2D eigenvalue weighted by Crippen LogP contribution is -2.06. The normalized spacial score (nSPS) is 14.0. The van der Waals surface area contributed by atoms with Crippen molar-refractivity contribution in [1.29, 1.82) is 0 Å². The first-order chi connectivity index (χ1) is 16.9. The topological polar surface area (TPSA) is 100 Å². The van der Waals surface area contributed by atoms with Crippen molar-refractivity contribution in [3.63, 3.8) is 0 Å². The van der Waals surface area contributed by atoms with Gasteiger partial charge in [0.15, 0.2) is 17.2 Å². The molecule has 35 heavy (non-hydrogen) atoms. The molecule has 3 aromatic carbocycles. The van der Waals surface area contributed by atoms with Crippen molar-refractivity contribution < 1.29 is 23.9 Å². The zero-order valence-electron chi connectivity index (χ0n) is 19.0. The van der Waals surface area contributed by atoms with Crippen LogP contribution in [0.5, 0.6) is 11.5 Å². The van der Waals surface area contributed by atoms with E-state index >= 15 is 0 Å². The van der Waals surface area contributed by atoms with E-state index in [1.54, 1.807) is 37.3 Å². The first-order valence-corrected chi connectivity index (χ1v) is 11.6. The van der Waals surface area contributed by atoms with E-state index in [0.29, 0.717) is 45.9 Å². The number of hydrogen-bond acceptors (Lipinski definition) is 7. The molecular weight excluding hydrogens is 516 g/mol. The number of nitro groups is 1. The van der Waals surface area contributed by atoms with E-state index in [1.165, 1.54) is 6.07 Å². The number of hydrogen-bond donors (Lipinski definition) is 0. The maximum Gasteiger partial charge on any atom is 0.363 e. The zero-order valence-corrected chi connectivity index (χ0v) is 20.6. The Hall–Kier alpha value is -3.98. The predicted molar refractivity (Wildman–Crippen MR) is 135 cm³/mol. The molecule has 0 atom stereocenters. The molecule has 4 rings (SSSR count). The number of nitro benzene ring substituents is 1. The molecule has 178 valence electrons. The van der Waals surface area contributed by atoms with Gasteiger partial charge in [0.05, 0.1) is 16.0 Å². The summed E-state index contributed by atoms with van der Waals surface area (Å²) in [7, 11) is 0. The van der Waals surface area contributed by atoms with Gasteiger partial charge in [-0.15, -0.1) is 0 Å². The molecule has 3 aromatic rings. The third kappa shape index (κ3) is 5.58. The van der Waals surface area contributed by atoms with Gasteiger partial charge in [-0.05, 0) is 65.2 Å². The van der Waals surface area contributed by atoms with Gasteiger partial charge < -0.3 is 14.2 Å². The summed E-state index contributed by atoms with van der Waals surface area (Å²) in [5.41, 5.74) is 2.49. The molecule has 0 amide bonds. The Balaban J connectivity index is 1.63. The molecule has 0 saturated carbocycles. The highest BCUT2D eigenvalue weighted by atomic mass is 79.9. The molecule has 9 heteroatoms. The quantitative estimate of drug-likeness (QED) is 0.152. The zero-order chi connectivity index (χ0) is 24.9. The number of rotatable bonds is 8.